The molecule has 4 saturated carbocycles. The van der Waals surface area contributed by atoms with Crippen LogP contribution < -0.4 is 0 Å². The second kappa shape index (κ2) is 45.5. The number of aliphatic carboxylic acids is 1. The van der Waals surface area contributed by atoms with Crippen LogP contribution >= 0.6 is 0 Å². The SMILES string of the molecule is CCC.CCC.CCC.CCCC(C)C.CCCN(CC)CCCC(=O)OCC12CC3(CO)CC4(COC(=O)CCCCC(C)CCCCC(CC)CCCCC(=O)OCC(C3)(C4)C1)C2.CCN(CC)CCCC(=O)O. The highest BCUT2D eigenvalue weighted by Crippen LogP contribution is 2.74. The first-order valence-corrected chi connectivity index (χ1v) is 32.0. The van der Waals surface area contributed by atoms with Crippen molar-refractivity contribution in [3.05, 3.63) is 0 Å². The predicted octanol–water partition coefficient (Wildman–Crippen LogP) is 16.7. The third kappa shape index (κ3) is 34.7. The molecule has 0 aromatic carbocycles. The summed E-state index contributed by atoms with van der Waals surface area (Å²) >= 11 is 0. The number of ether oxygens (including phenoxy) is 3. The molecule has 4 bridgehead atoms. The van der Waals surface area contributed by atoms with E-state index in [1.807, 2.05) is 0 Å². The van der Waals surface area contributed by atoms with Gasteiger partial charge in [0, 0.05) is 48.5 Å². The van der Waals surface area contributed by atoms with Crippen molar-refractivity contribution in [2.75, 3.05) is 65.7 Å². The molecule has 1 saturated heterocycles. The molecule has 4 aliphatic carbocycles. The first-order valence-electron chi connectivity index (χ1n) is 32.0. The van der Waals surface area contributed by atoms with Gasteiger partial charge in [0.25, 0.3) is 0 Å². The lowest BCUT2D eigenvalue weighted by atomic mass is 9.36. The molecule has 5 aliphatic rings. The number of esters is 3. The molecule has 6 atom stereocenters. The lowest BCUT2D eigenvalue weighted by molar-refractivity contribution is -0.247. The summed E-state index contributed by atoms with van der Waals surface area (Å²) in [5.41, 5.74) is -1.35. The lowest BCUT2D eigenvalue weighted by Crippen LogP contribution is -2.65. The molecule has 76 heavy (non-hydrogen) atoms. The van der Waals surface area contributed by atoms with Crippen molar-refractivity contribution in [3.63, 3.8) is 0 Å². The Hall–Kier alpha value is -2.24. The summed E-state index contributed by atoms with van der Waals surface area (Å²) < 4.78 is 18.3. The summed E-state index contributed by atoms with van der Waals surface area (Å²) in [5.74, 6) is 1.16. The van der Waals surface area contributed by atoms with E-state index in [1.54, 1.807) is 0 Å². The number of carbonyl (C=O) groups excluding carboxylic acids is 3. The van der Waals surface area contributed by atoms with E-state index in [0.717, 1.165) is 141 Å². The van der Waals surface area contributed by atoms with Crippen LogP contribution in [-0.2, 0) is 33.4 Å². The van der Waals surface area contributed by atoms with Gasteiger partial charge < -0.3 is 34.2 Å². The predicted molar refractivity (Wildman–Crippen MR) is 320 cm³/mol. The molecule has 2 spiro atoms. The van der Waals surface area contributed by atoms with Gasteiger partial charge in [-0.2, -0.15) is 0 Å². The van der Waals surface area contributed by atoms with Crippen LogP contribution in [0.2, 0.25) is 0 Å². The van der Waals surface area contributed by atoms with Crippen LogP contribution in [0, 0.1) is 39.4 Å². The normalized spacial score (nSPS) is 26.0. The zero-order valence-corrected chi connectivity index (χ0v) is 53.0. The quantitative estimate of drug-likeness (QED) is 0.0943. The van der Waals surface area contributed by atoms with E-state index >= 15 is 0 Å². The molecular formula is C65H128N2O9. The van der Waals surface area contributed by atoms with Gasteiger partial charge in [0.1, 0.15) is 0 Å². The van der Waals surface area contributed by atoms with E-state index in [4.69, 9.17) is 19.3 Å². The number of aliphatic hydroxyl groups excluding tert-OH is 1. The van der Waals surface area contributed by atoms with Crippen LogP contribution in [0.4, 0.5) is 0 Å². The van der Waals surface area contributed by atoms with Gasteiger partial charge in [-0.05, 0) is 133 Å². The second-order valence-electron chi connectivity index (χ2n) is 24.7. The summed E-state index contributed by atoms with van der Waals surface area (Å²) in [6.07, 6.45) is 27.8. The maximum absolute atomic E-state index is 13.1. The van der Waals surface area contributed by atoms with Gasteiger partial charge in [-0.15, -0.1) is 0 Å². The van der Waals surface area contributed by atoms with E-state index in [2.05, 4.69) is 114 Å². The van der Waals surface area contributed by atoms with Gasteiger partial charge in [0.2, 0.25) is 0 Å². The Kier molecular flexibility index (Phi) is 45.4. The lowest BCUT2D eigenvalue weighted by Gasteiger charge is -2.69. The van der Waals surface area contributed by atoms with E-state index in [9.17, 15) is 24.3 Å². The van der Waals surface area contributed by atoms with Crippen LogP contribution in [-0.4, -0.2) is 110 Å². The molecule has 0 aromatic rings. The topological polar surface area (TPSA) is 143 Å². The van der Waals surface area contributed by atoms with Crippen molar-refractivity contribution in [1.82, 2.24) is 9.80 Å². The van der Waals surface area contributed by atoms with Crippen molar-refractivity contribution < 1.29 is 43.6 Å². The fourth-order valence-electron chi connectivity index (χ4n) is 12.9. The summed E-state index contributed by atoms with van der Waals surface area (Å²) in [6, 6.07) is 0. The van der Waals surface area contributed by atoms with E-state index in [-0.39, 0.29) is 52.6 Å². The smallest absolute Gasteiger partial charge is 0.305 e. The highest BCUT2D eigenvalue weighted by molar-refractivity contribution is 5.70. The van der Waals surface area contributed by atoms with Gasteiger partial charge in [-0.1, -0.05) is 194 Å². The minimum absolute atomic E-state index is 0.0369. The second-order valence-corrected chi connectivity index (χ2v) is 24.7. The first-order chi connectivity index (χ1) is 36.2. The van der Waals surface area contributed by atoms with Crippen molar-refractivity contribution in [3.8, 4) is 0 Å². The largest absolute Gasteiger partial charge is 0.481 e. The number of hydrogen-bond donors (Lipinski definition) is 2. The summed E-state index contributed by atoms with van der Waals surface area (Å²) in [4.78, 5) is 54.0. The Balaban J connectivity index is 0. The molecule has 5 fully saturated rings. The van der Waals surface area contributed by atoms with Gasteiger partial charge in [0.05, 0.1) is 19.8 Å². The van der Waals surface area contributed by atoms with Gasteiger partial charge in [-0.3, -0.25) is 19.2 Å². The Morgan fingerprint density at radius 2 is 1.05 bits per heavy atom. The fourth-order valence-corrected chi connectivity index (χ4v) is 12.9. The molecular weight excluding hydrogens is 953 g/mol. The number of carboxylic acids is 1. The molecule has 0 amide bonds. The van der Waals surface area contributed by atoms with Crippen LogP contribution in [0.25, 0.3) is 0 Å². The third-order valence-electron chi connectivity index (χ3n) is 15.6. The van der Waals surface area contributed by atoms with Gasteiger partial charge >= 0.3 is 23.9 Å². The monoisotopic (exact) mass is 1080 g/mol. The highest BCUT2D eigenvalue weighted by Gasteiger charge is 2.69. The standard InChI is InChI=1S/C42H73NO7.C8H17NO2.C6H14.3C3H8/c1-5-22-43(7-3)23-14-21-38(47)50-33-42-26-39(30-44)24-40(28-42)27-41(25-39,29-42)32-49-37(46)20-13-11-18-35(6-2)17-10-8-15-34(4)16-9-12-19-36(45)48-31-40;1-3-9(4-2)7-5-6-8(10)11;1-4-5-6(2)3;3*1-3-2/h34-35,44H,5-33H2,1-4H3;3-7H2,1-2H3,(H,10,11);6H,4-5H2,1-3H3;3*3H2,1-2H3. The average Bonchev–Trinajstić information content (AvgIpc) is 3.37. The summed E-state index contributed by atoms with van der Waals surface area (Å²) in [7, 11) is 0. The number of cyclic esters (lactones) is 2. The van der Waals surface area contributed by atoms with Crippen LogP contribution in [0.15, 0.2) is 0 Å². The number of rotatable bonds is 19. The van der Waals surface area contributed by atoms with Crippen LogP contribution in [0.5, 0.6) is 0 Å². The number of carboxylic acid groups (broad SMARTS) is 1. The Bertz CT molecular complexity index is 1440. The number of hydrogen-bond acceptors (Lipinski definition) is 10. The number of carbonyl (C=O) groups is 4. The Morgan fingerprint density at radius 1 is 0.605 bits per heavy atom. The molecule has 5 rings (SSSR count). The zero-order chi connectivity index (χ0) is 57.9. The highest BCUT2D eigenvalue weighted by atomic mass is 16.5. The Morgan fingerprint density at radius 3 is 1.47 bits per heavy atom. The number of nitrogens with zero attached hydrogens (tertiary/aromatic N) is 2. The molecule has 0 radical (unpaired) electrons. The molecule has 1 heterocycles. The van der Waals surface area contributed by atoms with E-state index < -0.39 is 5.97 Å². The average molecular weight is 1080 g/mol. The van der Waals surface area contributed by atoms with Crippen LogP contribution in [0.3, 0.4) is 0 Å². The third-order valence-corrected chi connectivity index (χ3v) is 15.6. The summed E-state index contributed by atoms with van der Waals surface area (Å²) in [6.45, 7) is 39.4. The molecule has 6 unspecified atom stereocenters. The minimum Gasteiger partial charge on any atom is -0.481 e. The van der Waals surface area contributed by atoms with E-state index in [1.165, 1.54) is 70.6 Å². The first kappa shape index (κ1) is 75.8. The maximum atomic E-state index is 13.1. The molecule has 1 aliphatic heterocycles. The van der Waals surface area contributed by atoms with Gasteiger partial charge in [0.15, 0.2) is 0 Å². The molecule has 2 N–H and O–H groups in total. The maximum Gasteiger partial charge on any atom is 0.305 e. The van der Waals surface area contributed by atoms with Crippen molar-refractivity contribution >= 4 is 23.9 Å². The molecule has 11 heteroatoms. The molecule has 452 valence electrons. The Labute approximate surface area is 470 Å². The summed E-state index contributed by atoms with van der Waals surface area (Å²) in [5, 5.41) is 19.3. The molecule has 11 nitrogen and oxygen atoms in total. The van der Waals surface area contributed by atoms with Crippen molar-refractivity contribution in [1.29, 1.82) is 0 Å². The minimum atomic E-state index is -0.697. The van der Waals surface area contributed by atoms with E-state index in [0.29, 0.717) is 45.0 Å². The molecule has 0 aromatic heterocycles. The fraction of sp³-hybridized carbons (Fsp3) is 0.938. The van der Waals surface area contributed by atoms with Crippen LogP contribution in [0.1, 0.15) is 290 Å². The van der Waals surface area contributed by atoms with Crippen molar-refractivity contribution in [2.45, 2.75) is 290 Å². The number of aliphatic hydroxyl groups is 1. The zero-order valence-electron chi connectivity index (χ0n) is 53.0. The van der Waals surface area contributed by atoms with Gasteiger partial charge in [-0.25, -0.2) is 0 Å². The van der Waals surface area contributed by atoms with Crippen molar-refractivity contribution in [2.24, 2.45) is 39.4 Å².